The predicted molar refractivity (Wildman–Crippen MR) is 209 cm³/mol. The molecule has 4 saturated carbocycles. The molecule has 4 N–H and O–H groups in total. The molecule has 12 nitrogen and oxygen atoms in total. The highest BCUT2D eigenvalue weighted by Gasteiger charge is 2.53. The first kappa shape index (κ1) is 42.4. The fraction of sp³-hybridized carbons (Fsp3) is 0.878. The number of ketones is 1. The summed E-state index contributed by atoms with van der Waals surface area (Å²) in [4.78, 5) is 71.9. The average Bonchev–Trinajstić information content (AvgIpc) is 4.03. The third-order valence-corrected chi connectivity index (χ3v) is 16.1. The van der Waals surface area contributed by atoms with Crippen molar-refractivity contribution >= 4 is 39.4 Å². The lowest BCUT2D eigenvalue weighted by Crippen LogP contribution is -2.64. The first-order valence-electron chi connectivity index (χ1n) is 21.0. The monoisotopic (exact) mass is 775 g/mol. The standard InChI is InChI=1S/C41H69N5O7S/c1-26(2)31-27(3)24-46(32(31)35(48)43-30(19-16-28-14-15-28)33(47)36(49)42-29-17-18-29)37(50)34(40(7)20-10-8-11-21-40)44-38(51)45-41(22-12-9-13-23-41)25-54(52,53)39(4,5)6/h26-32,34H,8-25H2,1-7H3,(H,42,49)(H,43,48)(H2,44,45,51)/t27-,30-,31-,32?,34+/m0/s1. The lowest BCUT2D eigenvalue weighted by Gasteiger charge is -2.44. The summed E-state index contributed by atoms with van der Waals surface area (Å²) in [6, 6.07) is -3.38. The van der Waals surface area contributed by atoms with Crippen molar-refractivity contribution in [3.05, 3.63) is 0 Å². The number of urea groups is 1. The maximum Gasteiger partial charge on any atom is 0.315 e. The molecule has 13 heteroatoms. The van der Waals surface area contributed by atoms with Gasteiger partial charge < -0.3 is 26.2 Å². The van der Waals surface area contributed by atoms with Gasteiger partial charge in [0.1, 0.15) is 12.1 Å². The molecule has 0 aromatic carbocycles. The molecular formula is C41H69N5O7S. The van der Waals surface area contributed by atoms with Crippen molar-refractivity contribution < 1.29 is 32.4 Å². The number of nitrogens with one attached hydrogen (secondary N) is 4. The highest BCUT2D eigenvalue weighted by Crippen LogP contribution is 2.43. The molecule has 5 atom stereocenters. The van der Waals surface area contributed by atoms with Gasteiger partial charge in [0, 0.05) is 12.6 Å². The van der Waals surface area contributed by atoms with Crippen molar-refractivity contribution in [3.63, 3.8) is 0 Å². The first-order chi connectivity index (χ1) is 25.3. The zero-order chi connectivity index (χ0) is 39.6. The number of hydrogen-bond acceptors (Lipinski definition) is 7. The SMILES string of the molecule is CC(C)[C@@H]1C(C(=O)N[C@@H](CCC2CC2)C(=O)C(=O)NC2CC2)N(C(=O)[C@@H](NC(=O)NC2(CS(=O)(=O)C(C)(C)C)CCCCC2)C2(C)CCCCC2)C[C@@H]1C. The molecule has 306 valence electrons. The van der Waals surface area contributed by atoms with Gasteiger partial charge in [-0.05, 0) is 101 Å². The van der Waals surface area contributed by atoms with Crippen molar-refractivity contribution in [1.29, 1.82) is 0 Å². The molecule has 1 heterocycles. The Balaban J connectivity index is 1.41. The normalized spacial score (nSPS) is 26.7. The zero-order valence-corrected chi connectivity index (χ0v) is 34.9. The van der Waals surface area contributed by atoms with E-state index >= 15 is 4.79 Å². The molecular weight excluding hydrogens is 707 g/mol. The Labute approximate surface area is 324 Å². The number of carbonyl (C=O) groups excluding carboxylic acids is 5. The lowest BCUT2D eigenvalue weighted by molar-refractivity contribution is -0.145. The summed E-state index contributed by atoms with van der Waals surface area (Å²) in [5, 5.41) is 11.9. The fourth-order valence-corrected chi connectivity index (χ4v) is 11.0. The number of hydrogen-bond donors (Lipinski definition) is 4. The number of Topliss-reactive ketones (excluding diaryl/α,β-unsaturated/α-hetero) is 1. The van der Waals surface area contributed by atoms with Crippen LogP contribution in [0.4, 0.5) is 4.79 Å². The molecule has 5 fully saturated rings. The summed E-state index contributed by atoms with van der Waals surface area (Å²) in [5.74, 6) is -1.98. The second-order valence-corrected chi connectivity index (χ2v) is 22.1. The molecule has 1 unspecified atom stereocenters. The second kappa shape index (κ2) is 16.8. The highest BCUT2D eigenvalue weighted by atomic mass is 32.2. The Morgan fingerprint density at radius 2 is 1.44 bits per heavy atom. The lowest BCUT2D eigenvalue weighted by atomic mass is 9.70. The van der Waals surface area contributed by atoms with Crippen LogP contribution >= 0.6 is 0 Å². The maximum absolute atomic E-state index is 15.1. The molecule has 54 heavy (non-hydrogen) atoms. The molecule has 0 spiro atoms. The molecule has 1 saturated heterocycles. The maximum atomic E-state index is 15.1. The van der Waals surface area contributed by atoms with Gasteiger partial charge in [0.05, 0.1) is 22.1 Å². The van der Waals surface area contributed by atoms with Gasteiger partial charge in [-0.15, -0.1) is 0 Å². The molecule has 5 amide bonds. The Morgan fingerprint density at radius 1 is 0.852 bits per heavy atom. The molecule has 5 aliphatic rings. The topological polar surface area (TPSA) is 171 Å². The third-order valence-electron chi connectivity index (χ3n) is 13.3. The summed E-state index contributed by atoms with van der Waals surface area (Å²) >= 11 is 0. The molecule has 1 aliphatic heterocycles. The molecule has 0 aromatic heterocycles. The number of rotatable bonds is 15. The van der Waals surface area contributed by atoms with E-state index in [1.165, 1.54) is 0 Å². The smallest absolute Gasteiger partial charge is 0.315 e. The van der Waals surface area contributed by atoms with Crippen LogP contribution in [0.25, 0.3) is 0 Å². The van der Waals surface area contributed by atoms with E-state index in [1.807, 2.05) is 27.7 Å². The average molecular weight is 776 g/mol. The van der Waals surface area contributed by atoms with Crippen molar-refractivity contribution in [2.75, 3.05) is 12.3 Å². The summed E-state index contributed by atoms with van der Waals surface area (Å²) in [7, 11) is -3.57. The zero-order valence-electron chi connectivity index (χ0n) is 34.1. The minimum atomic E-state index is -3.57. The largest absolute Gasteiger partial charge is 0.347 e. The molecule has 4 aliphatic carbocycles. The summed E-state index contributed by atoms with van der Waals surface area (Å²) in [5.41, 5.74) is -1.54. The van der Waals surface area contributed by atoms with Crippen LogP contribution in [0, 0.1) is 29.1 Å². The van der Waals surface area contributed by atoms with Crippen LogP contribution in [0.5, 0.6) is 0 Å². The fourth-order valence-electron chi connectivity index (χ4n) is 9.48. The molecule has 0 radical (unpaired) electrons. The predicted octanol–water partition coefficient (Wildman–Crippen LogP) is 5.18. The van der Waals surface area contributed by atoms with Gasteiger partial charge in [-0.25, -0.2) is 13.2 Å². The molecule has 0 bridgehead atoms. The number of amides is 5. The Bertz CT molecular complexity index is 1500. The minimum Gasteiger partial charge on any atom is -0.347 e. The Morgan fingerprint density at radius 3 is 1.98 bits per heavy atom. The number of nitrogens with zero attached hydrogens (tertiary/aromatic N) is 1. The second-order valence-electron chi connectivity index (χ2n) is 19.4. The molecule has 0 aromatic rings. The first-order valence-corrected chi connectivity index (χ1v) is 22.7. The molecule has 5 rings (SSSR count). The van der Waals surface area contributed by atoms with Gasteiger partial charge in [-0.3, -0.25) is 19.2 Å². The van der Waals surface area contributed by atoms with Crippen molar-refractivity contribution in [2.45, 2.75) is 186 Å². The van der Waals surface area contributed by atoms with Crippen LogP contribution in [0.3, 0.4) is 0 Å². The van der Waals surface area contributed by atoms with Crippen LogP contribution in [-0.4, -0.2) is 89.6 Å². The van der Waals surface area contributed by atoms with Gasteiger partial charge in [0.2, 0.25) is 17.6 Å². The van der Waals surface area contributed by atoms with Crippen LogP contribution in [0.1, 0.15) is 151 Å². The summed E-state index contributed by atoms with van der Waals surface area (Å²) in [6.07, 6.45) is 12.8. The Hall–Kier alpha value is -2.70. The summed E-state index contributed by atoms with van der Waals surface area (Å²) < 4.78 is 26.0. The third kappa shape index (κ3) is 10.2. The van der Waals surface area contributed by atoms with E-state index in [0.717, 1.165) is 83.5 Å². The van der Waals surface area contributed by atoms with Crippen LogP contribution in [-0.2, 0) is 29.0 Å². The quantitative estimate of drug-likeness (QED) is 0.166. The van der Waals surface area contributed by atoms with Gasteiger partial charge in [0.15, 0.2) is 9.84 Å². The van der Waals surface area contributed by atoms with E-state index in [2.05, 4.69) is 21.3 Å². The van der Waals surface area contributed by atoms with E-state index in [-0.39, 0.29) is 35.5 Å². The number of sulfone groups is 1. The van der Waals surface area contributed by atoms with Gasteiger partial charge in [-0.2, -0.15) is 0 Å². The van der Waals surface area contributed by atoms with Crippen LogP contribution in [0.15, 0.2) is 0 Å². The minimum absolute atomic E-state index is 0.00835. The van der Waals surface area contributed by atoms with Crippen LogP contribution < -0.4 is 21.3 Å². The van der Waals surface area contributed by atoms with Gasteiger partial charge in [0.25, 0.3) is 5.91 Å². The van der Waals surface area contributed by atoms with Crippen LogP contribution in [0.2, 0.25) is 0 Å². The number of likely N-dealkylation sites (tertiary alicyclic amines) is 1. The van der Waals surface area contributed by atoms with E-state index in [9.17, 15) is 27.6 Å². The van der Waals surface area contributed by atoms with Crippen molar-refractivity contribution in [3.8, 4) is 0 Å². The van der Waals surface area contributed by atoms with Crippen molar-refractivity contribution in [1.82, 2.24) is 26.2 Å². The van der Waals surface area contributed by atoms with E-state index in [1.54, 1.807) is 25.7 Å². The van der Waals surface area contributed by atoms with Crippen molar-refractivity contribution in [2.24, 2.45) is 29.1 Å². The number of carbonyl (C=O) groups is 5. The Kier molecular flexibility index (Phi) is 13.2. The van der Waals surface area contributed by atoms with E-state index in [0.29, 0.717) is 31.7 Å². The summed E-state index contributed by atoms with van der Waals surface area (Å²) in [6.45, 7) is 13.5. The van der Waals surface area contributed by atoms with E-state index in [4.69, 9.17) is 0 Å². The highest BCUT2D eigenvalue weighted by molar-refractivity contribution is 7.92. The van der Waals surface area contributed by atoms with E-state index < -0.39 is 67.3 Å². The van der Waals surface area contributed by atoms with Gasteiger partial charge in [-0.1, -0.05) is 79.1 Å². The van der Waals surface area contributed by atoms with Gasteiger partial charge >= 0.3 is 6.03 Å².